The summed E-state index contributed by atoms with van der Waals surface area (Å²) in [5.41, 5.74) is 7.05. The van der Waals surface area contributed by atoms with Gasteiger partial charge in [0.25, 0.3) is 0 Å². The first-order valence-corrected chi connectivity index (χ1v) is 6.90. The minimum absolute atomic E-state index is 0. The molecule has 0 bridgehead atoms. The molecule has 0 spiro atoms. The van der Waals surface area contributed by atoms with Gasteiger partial charge in [0.15, 0.2) is 0 Å². The Labute approximate surface area is 132 Å². The summed E-state index contributed by atoms with van der Waals surface area (Å²) >= 11 is 0. The first kappa shape index (κ1) is 13.4. The number of allylic oxidation sites excluding steroid dienone is 1. The molecule has 2 heteroatoms. The number of nitrogens with zero attached hydrogens (tertiary/aromatic N) is 1. The number of rotatable bonds is 1. The van der Waals surface area contributed by atoms with Crippen LogP contribution in [-0.2, 0) is 12.8 Å². The maximum atomic E-state index is 2.41. The van der Waals surface area contributed by atoms with E-state index in [4.69, 9.17) is 0 Å². The fraction of sp³-hybridized carbons (Fsp3) is 0.167. The maximum absolute atomic E-state index is 2.41. The molecular formula is C18H16LiN. The van der Waals surface area contributed by atoms with Crippen molar-refractivity contribution >= 4 is 5.70 Å². The normalized spacial score (nSPS) is 15.6. The molecule has 1 aliphatic carbocycles. The molecule has 0 radical (unpaired) electrons. The van der Waals surface area contributed by atoms with Gasteiger partial charge in [-0.3, -0.25) is 0 Å². The first-order chi connectivity index (χ1) is 9.42. The smallest absolute Gasteiger partial charge is 0.401 e. The molecule has 1 aliphatic heterocycles. The van der Waals surface area contributed by atoms with Crippen molar-refractivity contribution in [3.8, 4) is 0 Å². The van der Waals surface area contributed by atoms with Crippen molar-refractivity contribution in [3.63, 3.8) is 0 Å². The quantitative estimate of drug-likeness (QED) is 0.533. The van der Waals surface area contributed by atoms with Crippen molar-refractivity contribution in [1.29, 1.82) is 0 Å². The molecule has 0 fully saturated rings. The zero-order chi connectivity index (χ0) is 12.7. The van der Waals surface area contributed by atoms with Crippen molar-refractivity contribution in [1.82, 2.24) is 4.90 Å². The molecule has 94 valence electrons. The topological polar surface area (TPSA) is 3.24 Å². The van der Waals surface area contributed by atoms with Gasteiger partial charge in [-0.05, 0) is 12.0 Å². The second-order valence-electron chi connectivity index (χ2n) is 5.22. The minimum Gasteiger partial charge on any atom is -0.401 e. The third-order valence-corrected chi connectivity index (χ3v) is 4.09. The molecule has 0 N–H and O–H groups in total. The third kappa shape index (κ3) is 2.18. The summed E-state index contributed by atoms with van der Waals surface area (Å²) < 4.78 is 0. The van der Waals surface area contributed by atoms with E-state index < -0.39 is 0 Å². The van der Waals surface area contributed by atoms with Crippen LogP contribution in [0.5, 0.6) is 0 Å². The standard InChI is InChI=1S/C18H16N.Li/c1-2-7-16-13-19(12-11-14(16)5-1)18-10-9-15-6-3-4-8-17(15)18;/h1-8,10,13H,9,11-12H2;/q-1;+1. The van der Waals surface area contributed by atoms with E-state index in [0.717, 1.165) is 19.4 Å². The fourth-order valence-electron chi connectivity index (χ4n) is 3.09. The Morgan fingerprint density at radius 2 is 1.65 bits per heavy atom. The van der Waals surface area contributed by atoms with Crippen LogP contribution in [0.2, 0.25) is 0 Å². The molecule has 0 unspecified atom stereocenters. The van der Waals surface area contributed by atoms with Gasteiger partial charge in [0.1, 0.15) is 0 Å². The number of hydrogen-bond acceptors (Lipinski definition) is 1. The Morgan fingerprint density at radius 1 is 0.900 bits per heavy atom. The largest absolute Gasteiger partial charge is 1.00 e. The number of benzene rings is 2. The molecule has 2 aromatic rings. The van der Waals surface area contributed by atoms with Crippen LogP contribution in [-0.4, -0.2) is 11.4 Å². The summed E-state index contributed by atoms with van der Waals surface area (Å²) in [7, 11) is 0. The predicted octanol–water partition coefficient (Wildman–Crippen LogP) is 0.656. The zero-order valence-electron chi connectivity index (χ0n) is 11.8. The van der Waals surface area contributed by atoms with Crippen LogP contribution in [0.15, 0.2) is 54.6 Å². The SMILES string of the molecule is C1=C(N2[CH-]c3ccccc3CC2)c2ccccc2C1.[Li+]. The Bertz CT molecular complexity index is 660. The van der Waals surface area contributed by atoms with Crippen LogP contribution in [0.25, 0.3) is 5.70 Å². The van der Waals surface area contributed by atoms with Gasteiger partial charge in [0, 0.05) is 17.8 Å². The third-order valence-electron chi connectivity index (χ3n) is 4.09. The molecule has 20 heavy (non-hydrogen) atoms. The molecule has 0 amide bonds. The van der Waals surface area contributed by atoms with E-state index >= 15 is 0 Å². The van der Waals surface area contributed by atoms with E-state index in [1.807, 2.05) is 0 Å². The van der Waals surface area contributed by atoms with Crippen LogP contribution < -0.4 is 18.9 Å². The molecule has 1 heterocycles. The Morgan fingerprint density at radius 3 is 2.55 bits per heavy atom. The zero-order valence-corrected chi connectivity index (χ0v) is 11.8. The van der Waals surface area contributed by atoms with Crippen molar-refractivity contribution in [3.05, 3.63) is 83.4 Å². The van der Waals surface area contributed by atoms with E-state index in [2.05, 4.69) is 66.1 Å². The van der Waals surface area contributed by atoms with E-state index in [0.29, 0.717) is 0 Å². The van der Waals surface area contributed by atoms with Crippen LogP contribution in [0, 0.1) is 6.54 Å². The molecular weight excluding hydrogens is 237 g/mol. The van der Waals surface area contributed by atoms with Gasteiger partial charge in [-0.15, -0.1) is 17.7 Å². The minimum atomic E-state index is 0. The average Bonchev–Trinajstić information content (AvgIpc) is 2.91. The molecule has 1 nitrogen and oxygen atoms in total. The number of hydrogen-bond donors (Lipinski definition) is 0. The van der Waals surface area contributed by atoms with Gasteiger partial charge in [-0.25, -0.2) is 0 Å². The van der Waals surface area contributed by atoms with Crippen molar-refractivity contribution < 1.29 is 18.9 Å². The van der Waals surface area contributed by atoms with Crippen molar-refractivity contribution in [2.45, 2.75) is 12.8 Å². The maximum Gasteiger partial charge on any atom is 1.00 e. The first-order valence-electron chi connectivity index (χ1n) is 6.90. The fourth-order valence-corrected chi connectivity index (χ4v) is 3.09. The van der Waals surface area contributed by atoms with E-state index in [-0.39, 0.29) is 18.9 Å². The van der Waals surface area contributed by atoms with Gasteiger partial charge >= 0.3 is 18.9 Å². The molecule has 0 aromatic heterocycles. The van der Waals surface area contributed by atoms with Crippen molar-refractivity contribution in [2.24, 2.45) is 0 Å². The molecule has 0 saturated heterocycles. The monoisotopic (exact) mass is 253 g/mol. The molecule has 0 atom stereocenters. The van der Waals surface area contributed by atoms with Gasteiger partial charge in [0.05, 0.1) is 0 Å². The average molecular weight is 253 g/mol. The summed E-state index contributed by atoms with van der Waals surface area (Å²) in [6.07, 6.45) is 4.55. The van der Waals surface area contributed by atoms with Crippen LogP contribution >= 0.6 is 0 Å². The Balaban J connectivity index is 0.00000121. The Kier molecular flexibility index (Phi) is 3.66. The van der Waals surface area contributed by atoms with Crippen LogP contribution in [0.4, 0.5) is 0 Å². The van der Waals surface area contributed by atoms with E-state index in [1.54, 1.807) is 0 Å². The Hall–Kier alpha value is -1.55. The van der Waals surface area contributed by atoms with Gasteiger partial charge < -0.3 is 4.90 Å². The molecule has 0 saturated carbocycles. The van der Waals surface area contributed by atoms with E-state index in [9.17, 15) is 0 Å². The summed E-state index contributed by atoms with van der Waals surface area (Å²) in [6, 6.07) is 17.4. The van der Waals surface area contributed by atoms with Crippen LogP contribution in [0.1, 0.15) is 22.3 Å². The number of fused-ring (bicyclic) bond motifs is 2. The summed E-state index contributed by atoms with van der Waals surface area (Å²) in [6.45, 7) is 3.38. The summed E-state index contributed by atoms with van der Waals surface area (Å²) in [5, 5.41) is 0. The van der Waals surface area contributed by atoms with Gasteiger partial charge in [-0.2, -0.15) is 11.6 Å². The summed E-state index contributed by atoms with van der Waals surface area (Å²) in [5.74, 6) is 0. The summed E-state index contributed by atoms with van der Waals surface area (Å²) in [4.78, 5) is 2.41. The predicted molar refractivity (Wildman–Crippen MR) is 78.4 cm³/mol. The van der Waals surface area contributed by atoms with E-state index in [1.165, 1.54) is 28.0 Å². The second kappa shape index (κ2) is 5.44. The molecule has 4 rings (SSSR count). The second-order valence-corrected chi connectivity index (χ2v) is 5.22. The van der Waals surface area contributed by atoms with Gasteiger partial charge in [0.2, 0.25) is 0 Å². The van der Waals surface area contributed by atoms with Crippen LogP contribution in [0.3, 0.4) is 0 Å². The molecule has 2 aromatic carbocycles. The van der Waals surface area contributed by atoms with Gasteiger partial charge in [-0.1, -0.05) is 49.4 Å². The molecule has 2 aliphatic rings. The van der Waals surface area contributed by atoms with Crippen molar-refractivity contribution in [2.75, 3.05) is 6.54 Å².